The molecule has 27 heavy (non-hydrogen) atoms. The number of hydrogen-bond acceptors (Lipinski definition) is 2. The molecule has 3 heteroatoms. The normalized spacial score (nSPS) is 13.3. The molecule has 3 aromatic rings. The summed E-state index contributed by atoms with van der Waals surface area (Å²) in [7, 11) is 0. The second-order valence-electron chi connectivity index (χ2n) is 7.37. The van der Waals surface area contributed by atoms with Crippen molar-refractivity contribution >= 4 is 16.7 Å². The molecule has 0 spiro atoms. The quantitative estimate of drug-likeness (QED) is 0.602. The van der Waals surface area contributed by atoms with E-state index in [2.05, 4.69) is 37.4 Å². The number of hydrogen-bond donors (Lipinski definition) is 1. The third kappa shape index (κ3) is 5.10. The van der Waals surface area contributed by atoms with Gasteiger partial charge in [0.15, 0.2) is 6.10 Å². The van der Waals surface area contributed by atoms with Crippen LogP contribution in [0.5, 0.6) is 5.75 Å². The summed E-state index contributed by atoms with van der Waals surface area (Å²) < 4.78 is 5.91. The fourth-order valence-corrected chi connectivity index (χ4v) is 3.22. The van der Waals surface area contributed by atoms with Crippen molar-refractivity contribution in [3.63, 3.8) is 0 Å². The Bertz CT molecular complexity index is 889. The summed E-state index contributed by atoms with van der Waals surface area (Å²) in [4.78, 5) is 12.7. The van der Waals surface area contributed by atoms with Gasteiger partial charge in [0.05, 0.1) is 6.04 Å². The lowest BCUT2D eigenvalue weighted by Gasteiger charge is -2.23. The van der Waals surface area contributed by atoms with Crippen LogP contribution in [0.2, 0.25) is 0 Å². The van der Waals surface area contributed by atoms with Crippen LogP contribution < -0.4 is 10.1 Å². The van der Waals surface area contributed by atoms with E-state index in [-0.39, 0.29) is 11.9 Å². The molecule has 0 aliphatic rings. The molecule has 0 fully saturated rings. The van der Waals surface area contributed by atoms with Gasteiger partial charge in [-0.05, 0) is 47.7 Å². The Morgan fingerprint density at radius 3 is 2.26 bits per heavy atom. The van der Waals surface area contributed by atoms with Gasteiger partial charge in [-0.2, -0.15) is 0 Å². The number of fused-ring (bicyclic) bond motifs is 1. The number of ether oxygens (including phenoxy) is 1. The van der Waals surface area contributed by atoms with Crippen LogP contribution in [-0.2, 0) is 4.79 Å². The summed E-state index contributed by atoms with van der Waals surface area (Å²) in [6.07, 6.45) is 0.322. The van der Waals surface area contributed by atoms with E-state index < -0.39 is 6.10 Å². The van der Waals surface area contributed by atoms with E-state index in [0.717, 1.165) is 22.8 Å². The molecule has 1 amide bonds. The van der Waals surface area contributed by atoms with Gasteiger partial charge in [0.25, 0.3) is 5.91 Å². The Kier molecular flexibility index (Phi) is 6.12. The number of carbonyl (C=O) groups excluding carboxylic acids is 1. The molecule has 0 unspecified atom stereocenters. The summed E-state index contributed by atoms with van der Waals surface area (Å²) in [5.74, 6) is 1.08. The van der Waals surface area contributed by atoms with Gasteiger partial charge in [0.1, 0.15) is 5.75 Å². The van der Waals surface area contributed by atoms with Crippen molar-refractivity contribution in [1.29, 1.82) is 0 Å². The summed E-state index contributed by atoms with van der Waals surface area (Å²) in [6.45, 7) is 6.12. The van der Waals surface area contributed by atoms with Crippen LogP contribution in [0.1, 0.15) is 38.8 Å². The van der Waals surface area contributed by atoms with E-state index in [1.165, 1.54) is 0 Å². The molecule has 0 aromatic heterocycles. The van der Waals surface area contributed by atoms with E-state index in [9.17, 15) is 4.79 Å². The Morgan fingerprint density at radius 1 is 0.889 bits per heavy atom. The minimum absolute atomic E-state index is 0.0126. The highest BCUT2D eigenvalue weighted by molar-refractivity contribution is 5.84. The molecule has 3 aromatic carbocycles. The van der Waals surface area contributed by atoms with Gasteiger partial charge in [0.2, 0.25) is 0 Å². The number of nitrogens with one attached hydrogen (secondary N) is 1. The predicted octanol–water partition coefficient (Wildman–Crippen LogP) is 5.51. The molecule has 0 radical (unpaired) electrons. The highest BCUT2D eigenvalue weighted by Gasteiger charge is 2.21. The average Bonchev–Trinajstić information content (AvgIpc) is 2.67. The number of benzene rings is 3. The number of carbonyl (C=O) groups is 1. The molecule has 2 atom stereocenters. The lowest BCUT2D eigenvalue weighted by molar-refractivity contribution is -0.128. The Morgan fingerprint density at radius 2 is 1.56 bits per heavy atom. The van der Waals surface area contributed by atoms with Gasteiger partial charge < -0.3 is 10.1 Å². The zero-order valence-corrected chi connectivity index (χ0v) is 16.2. The van der Waals surface area contributed by atoms with Crippen LogP contribution in [0.3, 0.4) is 0 Å². The molecule has 0 aliphatic carbocycles. The minimum atomic E-state index is -0.565. The van der Waals surface area contributed by atoms with E-state index in [1.807, 2.05) is 54.6 Å². The molecule has 3 nitrogen and oxygen atoms in total. The van der Waals surface area contributed by atoms with Crippen molar-refractivity contribution in [2.45, 2.75) is 39.3 Å². The monoisotopic (exact) mass is 361 g/mol. The largest absolute Gasteiger partial charge is 0.481 e. The predicted molar refractivity (Wildman–Crippen MR) is 111 cm³/mol. The van der Waals surface area contributed by atoms with Crippen molar-refractivity contribution in [3.8, 4) is 5.75 Å². The van der Waals surface area contributed by atoms with E-state index in [4.69, 9.17) is 4.74 Å². The molecule has 3 rings (SSSR count). The van der Waals surface area contributed by atoms with Crippen molar-refractivity contribution < 1.29 is 9.53 Å². The fraction of sp³-hybridized carbons (Fsp3) is 0.292. The zero-order chi connectivity index (χ0) is 19.2. The lowest BCUT2D eigenvalue weighted by atomic mass is 9.97. The van der Waals surface area contributed by atoms with Crippen molar-refractivity contribution in [2.24, 2.45) is 5.92 Å². The molecule has 0 bridgehead atoms. The first-order valence-corrected chi connectivity index (χ1v) is 9.53. The molecule has 0 heterocycles. The first-order valence-electron chi connectivity index (χ1n) is 9.53. The Hall–Kier alpha value is -2.81. The molecular weight excluding hydrogens is 334 g/mol. The molecule has 0 saturated carbocycles. The van der Waals surface area contributed by atoms with Crippen LogP contribution in [0.15, 0.2) is 72.8 Å². The molecule has 0 saturated heterocycles. The standard InChI is InChI=1S/C24H27NO2/c1-17(2)15-23(20-10-5-4-6-11-20)25-24(26)18(3)27-22-14-13-19-9-7-8-12-21(19)16-22/h4-14,16-18,23H,15H2,1-3H3,(H,25,26)/t18-,23+/m0/s1. The van der Waals surface area contributed by atoms with Crippen LogP contribution in [0, 0.1) is 5.92 Å². The van der Waals surface area contributed by atoms with Gasteiger partial charge in [0, 0.05) is 0 Å². The summed E-state index contributed by atoms with van der Waals surface area (Å²) >= 11 is 0. The van der Waals surface area contributed by atoms with Crippen LogP contribution in [0.25, 0.3) is 10.8 Å². The van der Waals surface area contributed by atoms with E-state index >= 15 is 0 Å². The number of amides is 1. The maximum absolute atomic E-state index is 12.7. The lowest BCUT2D eigenvalue weighted by Crippen LogP contribution is -2.39. The van der Waals surface area contributed by atoms with Gasteiger partial charge in [-0.15, -0.1) is 0 Å². The van der Waals surface area contributed by atoms with E-state index in [0.29, 0.717) is 11.7 Å². The zero-order valence-electron chi connectivity index (χ0n) is 16.2. The van der Waals surface area contributed by atoms with Crippen LogP contribution >= 0.6 is 0 Å². The Balaban J connectivity index is 1.69. The van der Waals surface area contributed by atoms with Gasteiger partial charge in [-0.25, -0.2) is 0 Å². The van der Waals surface area contributed by atoms with Gasteiger partial charge in [-0.3, -0.25) is 4.79 Å². The topological polar surface area (TPSA) is 38.3 Å². The summed E-state index contributed by atoms with van der Waals surface area (Å²) in [5.41, 5.74) is 1.12. The van der Waals surface area contributed by atoms with Gasteiger partial charge >= 0.3 is 0 Å². The van der Waals surface area contributed by atoms with Crippen LogP contribution in [0.4, 0.5) is 0 Å². The van der Waals surface area contributed by atoms with Gasteiger partial charge in [-0.1, -0.05) is 74.5 Å². The highest BCUT2D eigenvalue weighted by atomic mass is 16.5. The third-order valence-electron chi connectivity index (χ3n) is 4.63. The first kappa shape index (κ1) is 19.0. The smallest absolute Gasteiger partial charge is 0.261 e. The maximum Gasteiger partial charge on any atom is 0.261 e. The Labute approximate surface area is 161 Å². The SMILES string of the molecule is CC(C)C[C@@H](NC(=O)[C@H](C)Oc1ccc2ccccc2c1)c1ccccc1. The van der Waals surface area contributed by atoms with Crippen molar-refractivity contribution in [1.82, 2.24) is 5.32 Å². The minimum Gasteiger partial charge on any atom is -0.481 e. The van der Waals surface area contributed by atoms with Crippen LogP contribution in [-0.4, -0.2) is 12.0 Å². The summed E-state index contributed by atoms with van der Waals surface area (Å²) in [5, 5.41) is 5.41. The molecular formula is C24H27NO2. The highest BCUT2D eigenvalue weighted by Crippen LogP contribution is 2.23. The summed E-state index contributed by atoms with van der Waals surface area (Å²) in [6, 6.07) is 24.1. The maximum atomic E-state index is 12.7. The number of rotatable bonds is 7. The molecule has 140 valence electrons. The van der Waals surface area contributed by atoms with Crippen molar-refractivity contribution in [2.75, 3.05) is 0 Å². The average molecular weight is 361 g/mol. The second kappa shape index (κ2) is 8.72. The molecule has 1 N–H and O–H groups in total. The van der Waals surface area contributed by atoms with Crippen molar-refractivity contribution in [3.05, 3.63) is 78.4 Å². The van der Waals surface area contributed by atoms with E-state index in [1.54, 1.807) is 6.92 Å². The first-order chi connectivity index (χ1) is 13.0. The third-order valence-corrected chi connectivity index (χ3v) is 4.63. The second-order valence-corrected chi connectivity index (χ2v) is 7.37. The fourth-order valence-electron chi connectivity index (χ4n) is 3.22. The molecule has 0 aliphatic heterocycles.